The van der Waals surface area contributed by atoms with Gasteiger partial charge >= 0.3 is 6.09 Å². The van der Waals surface area contributed by atoms with Gasteiger partial charge in [0, 0.05) is 6.54 Å². The van der Waals surface area contributed by atoms with E-state index in [1.165, 1.54) is 0 Å². The summed E-state index contributed by atoms with van der Waals surface area (Å²) in [6, 6.07) is -1.10. The third kappa shape index (κ3) is 4.72. The van der Waals surface area contributed by atoms with Gasteiger partial charge in [-0.2, -0.15) is 0 Å². The normalized spacial score (nSPS) is 20.3. The van der Waals surface area contributed by atoms with E-state index in [0.717, 1.165) is 12.7 Å². The molecule has 0 aromatic carbocycles. The standard InChI is InChI=1S/C15H26N2O4/c1-10(2)21-14(20)16-12(15(3,4)5)13(19)17-8-6-7-11(17)9-18/h9-12H,6-8H2,1-5H3,(H,16,20)/t11-,12?/m0/s1. The highest BCUT2D eigenvalue weighted by Crippen LogP contribution is 2.25. The fraction of sp³-hybridized carbons (Fsp3) is 0.800. The number of ether oxygens (including phenoxy) is 1. The van der Waals surface area contributed by atoms with Crippen molar-refractivity contribution >= 4 is 18.3 Å². The third-order valence-electron chi connectivity index (χ3n) is 3.46. The van der Waals surface area contributed by atoms with Crippen molar-refractivity contribution in [2.45, 2.75) is 65.6 Å². The summed E-state index contributed by atoms with van der Waals surface area (Å²) < 4.78 is 5.05. The molecule has 6 nitrogen and oxygen atoms in total. The largest absolute Gasteiger partial charge is 0.447 e. The Morgan fingerprint density at radius 1 is 1.33 bits per heavy atom. The molecule has 0 aliphatic carbocycles. The molecule has 6 heteroatoms. The molecule has 1 saturated heterocycles. The average molecular weight is 298 g/mol. The molecule has 2 amide bonds. The second-order valence-electron chi connectivity index (χ2n) is 6.77. The Balaban J connectivity index is 2.85. The first-order chi connectivity index (χ1) is 9.66. The Hall–Kier alpha value is -1.59. The number of carbonyl (C=O) groups excluding carboxylic acids is 3. The van der Waals surface area contributed by atoms with E-state index in [9.17, 15) is 14.4 Å². The lowest BCUT2D eigenvalue weighted by Gasteiger charge is -2.34. The molecule has 1 unspecified atom stereocenters. The molecule has 2 atom stereocenters. The second kappa shape index (κ2) is 6.91. The van der Waals surface area contributed by atoms with Crippen molar-refractivity contribution < 1.29 is 19.1 Å². The Morgan fingerprint density at radius 2 is 1.95 bits per heavy atom. The summed E-state index contributed by atoms with van der Waals surface area (Å²) in [4.78, 5) is 37.1. The van der Waals surface area contributed by atoms with E-state index in [2.05, 4.69) is 5.32 Å². The molecular weight excluding hydrogens is 272 g/mol. The van der Waals surface area contributed by atoms with Crippen molar-refractivity contribution in [3.8, 4) is 0 Å². The number of nitrogens with zero attached hydrogens (tertiary/aromatic N) is 1. The number of rotatable bonds is 4. The van der Waals surface area contributed by atoms with E-state index in [4.69, 9.17) is 4.74 Å². The van der Waals surface area contributed by atoms with Gasteiger partial charge in [0.05, 0.1) is 12.1 Å². The highest BCUT2D eigenvalue weighted by Gasteiger charge is 2.39. The minimum Gasteiger partial charge on any atom is -0.447 e. The summed E-state index contributed by atoms with van der Waals surface area (Å²) in [7, 11) is 0. The summed E-state index contributed by atoms with van der Waals surface area (Å²) in [5.41, 5.74) is -0.469. The highest BCUT2D eigenvalue weighted by atomic mass is 16.6. The topological polar surface area (TPSA) is 75.7 Å². The monoisotopic (exact) mass is 298 g/mol. The molecule has 1 heterocycles. The maximum absolute atomic E-state index is 12.7. The maximum atomic E-state index is 12.7. The van der Waals surface area contributed by atoms with Crippen LogP contribution in [0.3, 0.4) is 0 Å². The first kappa shape index (κ1) is 17.5. The Labute approximate surface area is 126 Å². The van der Waals surface area contributed by atoms with Gasteiger partial charge in [0.15, 0.2) is 0 Å². The van der Waals surface area contributed by atoms with Crippen LogP contribution in [0.25, 0.3) is 0 Å². The SMILES string of the molecule is CC(C)OC(=O)NC(C(=O)N1CCC[C@H]1C=O)C(C)(C)C. The molecular formula is C15H26N2O4. The molecule has 21 heavy (non-hydrogen) atoms. The lowest BCUT2D eigenvalue weighted by atomic mass is 9.85. The predicted molar refractivity (Wildman–Crippen MR) is 78.8 cm³/mol. The van der Waals surface area contributed by atoms with E-state index < -0.39 is 17.6 Å². The minimum absolute atomic E-state index is 0.224. The van der Waals surface area contributed by atoms with Crippen LogP contribution in [0.2, 0.25) is 0 Å². The molecule has 0 bridgehead atoms. The number of nitrogens with one attached hydrogen (secondary N) is 1. The van der Waals surface area contributed by atoms with Crippen molar-refractivity contribution in [1.82, 2.24) is 10.2 Å². The van der Waals surface area contributed by atoms with Crippen molar-refractivity contribution in [2.24, 2.45) is 5.41 Å². The molecule has 0 aromatic rings. The smallest absolute Gasteiger partial charge is 0.408 e. The van der Waals surface area contributed by atoms with Crippen molar-refractivity contribution in [3.05, 3.63) is 0 Å². The molecule has 1 aliphatic heterocycles. The minimum atomic E-state index is -0.718. The zero-order chi connectivity index (χ0) is 16.2. The quantitative estimate of drug-likeness (QED) is 0.802. The van der Waals surface area contributed by atoms with Gasteiger partial charge in [-0.1, -0.05) is 20.8 Å². The van der Waals surface area contributed by atoms with Crippen LogP contribution in [0.4, 0.5) is 4.79 Å². The molecule has 0 saturated carbocycles. The van der Waals surface area contributed by atoms with Crippen LogP contribution in [0.5, 0.6) is 0 Å². The number of hydrogen-bond donors (Lipinski definition) is 1. The molecule has 120 valence electrons. The van der Waals surface area contributed by atoms with Gasteiger partial charge in [-0.3, -0.25) is 4.79 Å². The van der Waals surface area contributed by atoms with Gasteiger partial charge < -0.3 is 19.7 Å². The molecule has 1 fully saturated rings. The van der Waals surface area contributed by atoms with Crippen molar-refractivity contribution in [2.75, 3.05) is 6.54 Å². The summed E-state index contributed by atoms with van der Waals surface area (Å²) in [5, 5.41) is 2.64. The van der Waals surface area contributed by atoms with Gasteiger partial charge in [0.1, 0.15) is 12.3 Å². The van der Waals surface area contributed by atoms with Crippen LogP contribution >= 0.6 is 0 Å². The van der Waals surface area contributed by atoms with Crippen LogP contribution < -0.4 is 5.32 Å². The maximum Gasteiger partial charge on any atom is 0.408 e. The first-order valence-electron chi connectivity index (χ1n) is 7.39. The van der Waals surface area contributed by atoms with Crippen LogP contribution in [0.1, 0.15) is 47.5 Å². The predicted octanol–water partition coefficient (Wildman–Crippen LogP) is 1.73. The van der Waals surface area contributed by atoms with Crippen molar-refractivity contribution in [1.29, 1.82) is 0 Å². The molecule has 1 aliphatic rings. The van der Waals surface area contributed by atoms with E-state index in [0.29, 0.717) is 13.0 Å². The average Bonchev–Trinajstić information content (AvgIpc) is 2.81. The second-order valence-corrected chi connectivity index (χ2v) is 6.77. The number of carbonyl (C=O) groups is 3. The molecule has 0 radical (unpaired) electrons. The number of alkyl carbamates (subject to hydrolysis) is 1. The van der Waals surface area contributed by atoms with Crippen LogP contribution in [0, 0.1) is 5.41 Å². The molecule has 1 N–H and O–H groups in total. The van der Waals surface area contributed by atoms with E-state index in [1.54, 1.807) is 18.7 Å². The lowest BCUT2D eigenvalue weighted by Crippen LogP contribution is -2.56. The number of amides is 2. The number of aldehydes is 1. The third-order valence-corrected chi connectivity index (χ3v) is 3.46. The van der Waals surface area contributed by atoms with Crippen LogP contribution in [0.15, 0.2) is 0 Å². The van der Waals surface area contributed by atoms with Gasteiger partial charge in [0.25, 0.3) is 0 Å². The number of hydrogen-bond acceptors (Lipinski definition) is 4. The van der Waals surface area contributed by atoms with Gasteiger partial charge in [0.2, 0.25) is 5.91 Å². The summed E-state index contributed by atoms with van der Waals surface area (Å²) in [5.74, 6) is -0.224. The summed E-state index contributed by atoms with van der Waals surface area (Å²) in [6.07, 6.45) is 1.43. The zero-order valence-electron chi connectivity index (χ0n) is 13.5. The first-order valence-corrected chi connectivity index (χ1v) is 7.39. The molecule has 1 rings (SSSR count). The van der Waals surface area contributed by atoms with E-state index >= 15 is 0 Å². The van der Waals surface area contributed by atoms with E-state index in [1.807, 2.05) is 20.8 Å². The zero-order valence-corrected chi connectivity index (χ0v) is 13.5. The summed E-state index contributed by atoms with van der Waals surface area (Å²) in [6.45, 7) is 9.66. The highest BCUT2D eigenvalue weighted by molar-refractivity contribution is 5.88. The van der Waals surface area contributed by atoms with Crippen LogP contribution in [-0.2, 0) is 14.3 Å². The molecule has 0 spiro atoms. The van der Waals surface area contributed by atoms with Gasteiger partial charge in [-0.05, 0) is 32.1 Å². The Morgan fingerprint density at radius 3 is 2.43 bits per heavy atom. The number of likely N-dealkylation sites (tertiary alicyclic amines) is 1. The molecule has 0 aromatic heterocycles. The van der Waals surface area contributed by atoms with Crippen LogP contribution in [-0.4, -0.2) is 47.9 Å². The van der Waals surface area contributed by atoms with E-state index in [-0.39, 0.29) is 18.1 Å². The fourth-order valence-electron chi connectivity index (χ4n) is 2.39. The van der Waals surface area contributed by atoms with Gasteiger partial charge in [-0.25, -0.2) is 4.79 Å². The van der Waals surface area contributed by atoms with Crippen molar-refractivity contribution in [3.63, 3.8) is 0 Å². The summed E-state index contributed by atoms with van der Waals surface area (Å²) >= 11 is 0. The van der Waals surface area contributed by atoms with Gasteiger partial charge in [-0.15, -0.1) is 0 Å². The lowest BCUT2D eigenvalue weighted by molar-refractivity contribution is -0.138. The Kier molecular flexibility index (Phi) is 5.75. The Bertz CT molecular complexity index is 401. The fourth-order valence-corrected chi connectivity index (χ4v) is 2.39.